The van der Waals surface area contributed by atoms with Crippen molar-refractivity contribution in [1.29, 1.82) is 0 Å². The molecular formula is C46H59Cl2N3O4S2. The fraction of sp³-hybridized carbons (Fsp3) is 0.457. The van der Waals surface area contributed by atoms with Gasteiger partial charge in [-0.1, -0.05) is 136 Å². The van der Waals surface area contributed by atoms with Crippen molar-refractivity contribution in [3.63, 3.8) is 0 Å². The number of hydrogen-bond donors (Lipinski definition) is 2. The van der Waals surface area contributed by atoms with E-state index in [0.29, 0.717) is 22.9 Å². The van der Waals surface area contributed by atoms with E-state index in [1.54, 1.807) is 31.2 Å². The van der Waals surface area contributed by atoms with Crippen LogP contribution >= 0.6 is 23.2 Å². The first-order chi connectivity index (χ1) is 27.2. The van der Waals surface area contributed by atoms with Gasteiger partial charge in [0.2, 0.25) is 10.0 Å². The Morgan fingerprint density at radius 3 is 1.91 bits per heavy atom. The minimum Gasteiger partial charge on any atom is -0.559 e. The van der Waals surface area contributed by atoms with Gasteiger partial charge in [-0.15, -0.1) is 4.18 Å². The van der Waals surface area contributed by atoms with Gasteiger partial charge < -0.3 is 10.3 Å². The zero-order chi connectivity index (χ0) is 41.2. The van der Waals surface area contributed by atoms with Gasteiger partial charge >= 0.3 is 0 Å². The third-order valence-corrected chi connectivity index (χ3v) is 14.5. The largest absolute Gasteiger partial charge is 0.559 e. The second-order valence-electron chi connectivity index (χ2n) is 16.2. The van der Waals surface area contributed by atoms with Crippen LogP contribution in [0.5, 0.6) is 0 Å². The van der Waals surface area contributed by atoms with Crippen LogP contribution in [0.3, 0.4) is 0 Å². The van der Waals surface area contributed by atoms with Crippen molar-refractivity contribution in [3.8, 4) is 0 Å². The van der Waals surface area contributed by atoms with Crippen molar-refractivity contribution in [2.45, 2.75) is 133 Å². The first-order valence-electron chi connectivity index (χ1n) is 20.3. The first kappa shape index (κ1) is 45.4. The van der Waals surface area contributed by atoms with E-state index >= 15 is 0 Å². The van der Waals surface area contributed by atoms with Crippen LogP contribution in [-0.4, -0.2) is 30.8 Å². The first-order valence-corrected chi connectivity index (χ1v) is 23.5. The minimum absolute atomic E-state index is 0.160. The Hall–Kier alpha value is -2.73. The highest BCUT2D eigenvalue weighted by atomic mass is 35.5. The second kappa shape index (κ2) is 20.5. The maximum Gasteiger partial charge on any atom is 0.271 e. The predicted molar refractivity (Wildman–Crippen MR) is 238 cm³/mol. The third kappa shape index (κ3) is 11.5. The summed E-state index contributed by atoms with van der Waals surface area (Å²) in [4.78, 5) is 0.160. The Labute approximate surface area is 354 Å². The van der Waals surface area contributed by atoms with Gasteiger partial charge in [-0.05, 0) is 122 Å². The molecule has 2 aliphatic rings. The Morgan fingerprint density at radius 2 is 1.42 bits per heavy atom. The third-order valence-electron chi connectivity index (χ3n) is 11.6. The van der Waals surface area contributed by atoms with Crippen molar-refractivity contribution in [2.24, 2.45) is 16.0 Å². The number of benzene rings is 4. The van der Waals surface area contributed by atoms with Gasteiger partial charge in [0.05, 0.1) is 16.6 Å². The number of sulfonamides is 1. The lowest BCUT2D eigenvalue weighted by molar-refractivity contribution is 0.178. The second-order valence-corrected chi connectivity index (χ2v) is 19.6. The normalized spacial score (nSPS) is 18.3. The molecule has 308 valence electrons. The molecule has 0 radical (unpaired) electrons. The average Bonchev–Trinajstić information content (AvgIpc) is 3.13. The molecule has 0 bridgehead atoms. The van der Waals surface area contributed by atoms with E-state index in [2.05, 4.69) is 42.0 Å². The Kier molecular flexibility index (Phi) is 16.3. The van der Waals surface area contributed by atoms with Crippen molar-refractivity contribution in [3.05, 3.63) is 135 Å². The molecule has 0 amide bonds. The summed E-state index contributed by atoms with van der Waals surface area (Å²) in [6, 6.07) is 31.5. The smallest absolute Gasteiger partial charge is 0.271 e. The zero-order valence-electron chi connectivity index (χ0n) is 33.9. The number of unbranched alkanes of at least 4 members (excludes halogenated alkanes) is 1. The maximum atomic E-state index is 13.6. The van der Waals surface area contributed by atoms with Crippen LogP contribution < -0.4 is 10.5 Å². The van der Waals surface area contributed by atoms with E-state index in [9.17, 15) is 13.0 Å². The van der Waals surface area contributed by atoms with E-state index in [0.717, 1.165) is 60.4 Å². The summed E-state index contributed by atoms with van der Waals surface area (Å²) in [6.45, 7) is 10.2. The van der Waals surface area contributed by atoms with Gasteiger partial charge in [0.25, 0.3) is 11.6 Å². The van der Waals surface area contributed by atoms with E-state index < -0.39 is 33.8 Å². The molecule has 4 atom stereocenters. The highest BCUT2D eigenvalue weighted by Crippen LogP contribution is 2.48. The molecule has 11 heteroatoms. The number of rotatable bonds is 17. The van der Waals surface area contributed by atoms with Crippen molar-refractivity contribution in [2.75, 3.05) is 0 Å². The molecule has 0 spiro atoms. The topological polar surface area (TPSA) is 117 Å². The predicted octanol–water partition coefficient (Wildman–Crippen LogP) is 11.5. The Balaban J connectivity index is 0.000000303. The van der Waals surface area contributed by atoms with Crippen molar-refractivity contribution >= 4 is 50.6 Å². The standard InChI is InChI=1S/C31H37ClN2O4S2.C15H22ClN/c1-4-5-12-29(31(21-9-22-31)26-15-17-27(32)18-16-26)33-39(35)38-30(25-10-7-6-8-11-25)24(3)34-40(36,37)28-19-13-23(2)14-20-28;1-11(2)10-14(17)15(8-3-9-15)12-4-6-13(16)7-5-12/h6-8,10-11,13-20,24,30,34H,4-5,9,12,21-22H2,1-3H3;4-7,11,14H,3,8-10,17H2,1-2H3/t24-,30-,39?;14-/m11/s1. The summed E-state index contributed by atoms with van der Waals surface area (Å²) in [5, 5.41) is 1.48. The molecule has 2 saturated carbocycles. The molecule has 3 N–H and O–H groups in total. The number of aryl methyl sites for hydroxylation is 1. The molecule has 0 heterocycles. The van der Waals surface area contributed by atoms with Crippen molar-refractivity contribution in [1.82, 2.24) is 4.72 Å². The summed E-state index contributed by atoms with van der Waals surface area (Å²) in [7, 11) is -3.83. The summed E-state index contributed by atoms with van der Waals surface area (Å²) in [5.41, 5.74) is 11.4. The summed E-state index contributed by atoms with van der Waals surface area (Å²) >= 11 is 10.1. The lowest BCUT2D eigenvalue weighted by Crippen LogP contribution is -2.50. The fourth-order valence-corrected chi connectivity index (χ4v) is 10.5. The average molecular weight is 853 g/mol. The minimum atomic E-state index is -3.83. The SMILES string of the molecule is CC(C)C[C@@H](N)C1(c2ccc(Cl)cc2)CCC1.CCCCC(=N[S+]([O-])O[C@@H](c1ccccc1)[C@@H](C)NS(=O)(=O)c1ccc(C)cc1)C1(c2ccc(Cl)cc2)CCC1. The summed E-state index contributed by atoms with van der Waals surface area (Å²) in [6.07, 6.45) is 9.53. The van der Waals surface area contributed by atoms with Crippen LogP contribution in [0.4, 0.5) is 0 Å². The Morgan fingerprint density at radius 1 is 0.860 bits per heavy atom. The van der Waals surface area contributed by atoms with Gasteiger partial charge in [0, 0.05) is 26.9 Å². The van der Waals surface area contributed by atoms with E-state index in [4.69, 9.17) is 33.1 Å². The number of nitrogens with two attached hydrogens (primary N) is 1. The summed E-state index contributed by atoms with van der Waals surface area (Å²) < 4.78 is 53.3. The molecule has 1 unspecified atom stereocenters. The van der Waals surface area contributed by atoms with Gasteiger partial charge in [-0.3, -0.25) is 0 Å². The summed E-state index contributed by atoms with van der Waals surface area (Å²) in [5.74, 6) is 0.662. The van der Waals surface area contributed by atoms with Crippen LogP contribution in [0.25, 0.3) is 0 Å². The lowest BCUT2D eigenvalue weighted by Gasteiger charge is -2.47. The molecular weight excluding hydrogens is 794 g/mol. The number of hydrogen-bond acceptors (Lipinski definition) is 6. The lowest BCUT2D eigenvalue weighted by atomic mass is 9.59. The molecule has 2 fully saturated rings. The van der Waals surface area contributed by atoms with Crippen LogP contribution in [0.1, 0.15) is 120 Å². The quantitative estimate of drug-likeness (QED) is 0.0810. The molecule has 0 aliphatic heterocycles. The van der Waals surface area contributed by atoms with Crippen LogP contribution in [0.2, 0.25) is 10.0 Å². The van der Waals surface area contributed by atoms with Crippen molar-refractivity contribution < 1.29 is 17.2 Å². The maximum absolute atomic E-state index is 13.6. The number of halogens is 2. The van der Waals surface area contributed by atoms with Gasteiger partial charge in [-0.2, -0.15) is 0 Å². The molecule has 57 heavy (non-hydrogen) atoms. The molecule has 6 rings (SSSR count). The molecule has 0 saturated heterocycles. The molecule has 4 aromatic rings. The van der Waals surface area contributed by atoms with E-state index in [-0.39, 0.29) is 21.8 Å². The highest BCUT2D eigenvalue weighted by Gasteiger charge is 2.45. The van der Waals surface area contributed by atoms with E-state index in [1.807, 2.05) is 73.7 Å². The molecule has 2 aliphatic carbocycles. The molecule has 4 aromatic carbocycles. The number of nitrogens with zero attached hydrogens (tertiary/aromatic N) is 1. The molecule has 7 nitrogen and oxygen atoms in total. The van der Waals surface area contributed by atoms with Gasteiger partial charge in [0.15, 0.2) is 6.10 Å². The zero-order valence-corrected chi connectivity index (χ0v) is 37.1. The number of nitrogens with one attached hydrogen (secondary N) is 1. The van der Waals surface area contributed by atoms with Crippen LogP contribution in [-0.2, 0) is 36.7 Å². The van der Waals surface area contributed by atoms with Crippen LogP contribution in [0.15, 0.2) is 112 Å². The monoisotopic (exact) mass is 851 g/mol. The fourth-order valence-electron chi connectivity index (χ4n) is 8.07. The van der Waals surface area contributed by atoms with Crippen LogP contribution in [0, 0.1) is 12.8 Å². The molecule has 0 aromatic heterocycles. The van der Waals surface area contributed by atoms with E-state index in [1.165, 1.54) is 24.8 Å². The highest BCUT2D eigenvalue weighted by molar-refractivity contribution is 7.89. The Bertz CT molecular complexity index is 1990. The van der Waals surface area contributed by atoms with Gasteiger partial charge in [-0.25, -0.2) is 13.1 Å². The van der Waals surface area contributed by atoms with Gasteiger partial charge in [0.1, 0.15) is 0 Å².